The van der Waals surface area contributed by atoms with Crippen molar-refractivity contribution in [3.63, 3.8) is 0 Å². The van der Waals surface area contributed by atoms with Gasteiger partial charge in [-0.1, -0.05) is 57.3 Å². The molecule has 14 heteroatoms. The number of ether oxygens (including phenoxy) is 1. The molecule has 2 aromatic heterocycles. The molecule has 198 valence electrons. The van der Waals surface area contributed by atoms with E-state index in [1.165, 1.54) is 6.21 Å². The third kappa shape index (κ3) is 6.09. The number of aromatic nitrogens is 4. The lowest BCUT2D eigenvalue weighted by Crippen LogP contribution is -2.23. The molecule has 0 aliphatic carbocycles. The monoisotopic (exact) mass is 691 g/mol. The zero-order chi connectivity index (χ0) is 27.5. The molecule has 0 bridgehead atoms. The fourth-order valence-electron chi connectivity index (χ4n) is 3.74. The number of amides is 1. The molecule has 2 heterocycles. The quantitative estimate of drug-likeness (QED) is 0.145. The van der Waals surface area contributed by atoms with Crippen LogP contribution in [0.4, 0.5) is 5.82 Å². The maximum atomic E-state index is 12.9. The number of anilines is 1. The molecule has 0 unspecified atom stereocenters. The largest absolute Gasteiger partial charge is 0.487 e. The van der Waals surface area contributed by atoms with Gasteiger partial charge in [-0.3, -0.25) is 4.79 Å². The number of imidazole rings is 1. The second-order valence-corrected chi connectivity index (χ2v) is 10.7. The lowest BCUT2D eigenvalue weighted by molar-refractivity contribution is -0.121. The second kappa shape index (κ2) is 11.7. The molecule has 5 aromatic rings. The Hall–Kier alpha value is -3.45. The topological polar surface area (TPSA) is 133 Å². The zero-order valence-corrected chi connectivity index (χ0v) is 24.4. The molecule has 0 spiro atoms. The van der Waals surface area contributed by atoms with E-state index in [4.69, 9.17) is 38.3 Å². The third-order valence-electron chi connectivity index (χ3n) is 5.50. The smallest absolute Gasteiger partial charge is 0.260 e. The number of carbonyl (C=O) groups excluding carboxylic acids is 1. The summed E-state index contributed by atoms with van der Waals surface area (Å²) in [5, 5.41) is 12.6. The molecule has 0 fully saturated rings. The van der Waals surface area contributed by atoms with Crippen molar-refractivity contribution in [1.29, 1.82) is 0 Å². The van der Waals surface area contributed by atoms with Crippen LogP contribution in [0, 0.1) is 0 Å². The number of carbonyl (C=O) groups is 1. The highest BCUT2D eigenvalue weighted by molar-refractivity contribution is 9.11. The summed E-state index contributed by atoms with van der Waals surface area (Å²) in [4.78, 5) is 17.4. The van der Waals surface area contributed by atoms with Gasteiger partial charge in [0.2, 0.25) is 0 Å². The number of fused-ring (bicyclic) bond motifs is 1. The van der Waals surface area contributed by atoms with Crippen molar-refractivity contribution in [2.75, 3.05) is 5.73 Å². The number of hydrogen-bond acceptors (Lipinski definition) is 8. The Morgan fingerprint density at radius 3 is 2.74 bits per heavy atom. The van der Waals surface area contributed by atoms with Crippen molar-refractivity contribution < 1.29 is 14.2 Å². The standard InChI is InChI=1S/C25H17Br2Cl2N7O3/c26-15-7-14(23(17(27)8-15)38-12-13-5-6-16(28)9-18(13)29)10-31-33-21(37)11-36-20-4-2-1-3-19(20)32-25(36)22-24(30)35-39-34-22/h1-10H,11-12H2,(H2,30,35)(H,33,37)/b31-10+. The van der Waals surface area contributed by atoms with Gasteiger partial charge in [0, 0.05) is 25.6 Å². The van der Waals surface area contributed by atoms with Crippen LogP contribution in [0.3, 0.4) is 0 Å². The van der Waals surface area contributed by atoms with Crippen LogP contribution in [0.5, 0.6) is 5.75 Å². The highest BCUT2D eigenvalue weighted by atomic mass is 79.9. The molecule has 1 amide bonds. The number of halogens is 4. The Morgan fingerprint density at radius 1 is 1.15 bits per heavy atom. The minimum atomic E-state index is -0.407. The fraction of sp³-hybridized carbons (Fsp3) is 0.0800. The molecule has 0 aliphatic rings. The summed E-state index contributed by atoms with van der Waals surface area (Å²) in [6.07, 6.45) is 1.48. The average Bonchev–Trinajstić information content (AvgIpc) is 3.47. The molecule has 3 aromatic carbocycles. The SMILES string of the molecule is Nc1nonc1-c1nc2ccccc2n1CC(=O)N/N=C/c1cc(Br)cc(Br)c1OCc1ccc(Cl)cc1Cl. The maximum absolute atomic E-state index is 12.9. The lowest BCUT2D eigenvalue weighted by Gasteiger charge is -2.13. The van der Waals surface area contributed by atoms with Gasteiger partial charge >= 0.3 is 0 Å². The van der Waals surface area contributed by atoms with E-state index in [1.807, 2.05) is 30.3 Å². The molecule has 0 aliphatic heterocycles. The molecule has 0 saturated carbocycles. The summed E-state index contributed by atoms with van der Waals surface area (Å²) in [7, 11) is 0. The van der Waals surface area contributed by atoms with Crippen molar-refractivity contribution in [2.45, 2.75) is 13.2 Å². The van der Waals surface area contributed by atoms with Crippen LogP contribution in [-0.2, 0) is 17.9 Å². The first-order valence-corrected chi connectivity index (χ1v) is 13.6. The van der Waals surface area contributed by atoms with E-state index in [9.17, 15) is 4.79 Å². The summed E-state index contributed by atoms with van der Waals surface area (Å²) in [5.41, 5.74) is 11.4. The van der Waals surface area contributed by atoms with E-state index in [2.05, 4.69) is 57.7 Å². The van der Waals surface area contributed by atoms with Crippen LogP contribution >= 0.6 is 55.1 Å². The van der Waals surface area contributed by atoms with E-state index < -0.39 is 5.91 Å². The van der Waals surface area contributed by atoms with Gasteiger partial charge in [0.1, 0.15) is 18.9 Å². The number of para-hydroxylation sites is 2. The second-order valence-electron chi connectivity index (χ2n) is 8.13. The summed E-state index contributed by atoms with van der Waals surface area (Å²) < 4.78 is 13.9. The van der Waals surface area contributed by atoms with Crippen molar-refractivity contribution in [1.82, 2.24) is 25.3 Å². The molecular weight excluding hydrogens is 677 g/mol. The molecule has 0 radical (unpaired) electrons. The number of benzene rings is 3. The maximum Gasteiger partial charge on any atom is 0.260 e. The van der Waals surface area contributed by atoms with Gasteiger partial charge in [0.25, 0.3) is 5.91 Å². The minimum Gasteiger partial charge on any atom is -0.487 e. The van der Waals surface area contributed by atoms with Crippen molar-refractivity contribution in [3.05, 3.63) is 84.7 Å². The van der Waals surface area contributed by atoms with Crippen LogP contribution in [0.25, 0.3) is 22.6 Å². The molecule has 10 nitrogen and oxygen atoms in total. The van der Waals surface area contributed by atoms with E-state index >= 15 is 0 Å². The highest BCUT2D eigenvalue weighted by Crippen LogP contribution is 2.33. The first-order chi connectivity index (χ1) is 18.8. The van der Waals surface area contributed by atoms with Crippen LogP contribution in [0.2, 0.25) is 10.0 Å². The van der Waals surface area contributed by atoms with Gasteiger partial charge in [-0.2, -0.15) is 5.10 Å². The number of nitrogens with one attached hydrogen (secondary N) is 1. The number of nitrogen functional groups attached to an aromatic ring is 1. The normalized spacial score (nSPS) is 11.4. The van der Waals surface area contributed by atoms with Crippen LogP contribution < -0.4 is 15.9 Å². The van der Waals surface area contributed by atoms with Gasteiger partial charge in [-0.15, -0.1) is 0 Å². The molecule has 0 saturated heterocycles. The summed E-state index contributed by atoms with van der Waals surface area (Å²) in [6, 6.07) is 16.2. The third-order valence-corrected chi connectivity index (χ3v) is 7.13. The Morgan fingerprint density at radius 2 is 1.97 bits per heavy atom. The predicted molar refractivity (Wildman–Crippen MR) is 156 cm³/mol. The highest BCUT2D eigenvalue weighted by Gasteiger charge is 2.20. The van der Waals surface area contributed by atoms with Gasteiger partial charge in [0.05, 0.1) is 21.7 Å². The first kappa shape index (κ1) is 27.1. The Labute approximate surface area is 248 Å². The number of nitrogens with zero attached hydrogens (tertiary/aromatic N) is 5. The fourth-order valence-corrected chi connectivity index (χ4v) is 5.57. The molecule has 5 rings (SSSR count). The molecular formula is C25H17Br2Cl2N7O3. The number of hydrazone groups is 1. The van der Waals surface area contributed by atoms with Crippen molar-refractivity contribution >= 4 is 84.0 Å². The number of rotatable bonds is 8. The van der Waals surface area contributed by atoms with Gasteiger partial charge < -0.3 is 15.0 Å². The van der Waals surface area contributed by atoms with E-state index in [-0.39, 0.29) is 24.7 Å². The molecule has 0 atom stereocenters. The summed E-state index contributed by atoms with van der Waals surface area (Å²) >= 11 is 19.3. The van der Waals surface area contributed by atoms with Crippen LogP contribution in [0.1, 0.15) is 11.1 Å². The van der Waals surface area contributed by atoms with Gasteiger partial charge in [-0.05, 0) is 62.6 Å². The van der Waals surface area contributed by atoms with Crippen LogP contribution in [-0.4, -0.2) is 32.0 Å². The van der Waals surface area contributed by atoms with E-state index in [0.29, 0.717) is 42.7 Å². The van der Waals surface area contributed by atoms with Crippen molar-refractivity contribution in [3.8, 4) is 17.3 Å². The lowest BCUT2D eigenvalue weighted by atomic mass is 10.2. The number of nitrogens with two attached hydrogens (primary N) is 1. The molecule has 3 N–H and O–H groups in total. The Kier molecular flexibility index (Phi) is 8.17. The number of hydrogen-bond donors (Lipinski definition) is 2. The summed E-state index contributed by atoms with van der Waals surface area (Å²) in [6.45, 7) is 0.0834. The van der Waals surface area contributed by atoms with Crippen LogP contribution in [0.15, 0.2) is 73.3 Å². The predicted octanol–water partition coefficient (Wildman–Crippen LogP) is 6.23. The first-order valence-electron chi connectivity index (χ1n) is 11.2. The molecule has 39 heavy (non-hydrogen) atoms. The Bertz CT molecular complexity index is 1720. The minimum absolute atomic E-state index is 0.0673. The Balaban J connectivity index is 1.34. The average molecular weight is 694 g/mol. The zero-order valence-electron chi connectivity index (χ0n) is 19.7. The van der Waals surface area contributed by atoms with E-state index in [0.717, 1.165) is 10.0 Å². The van der Waals surface area contributed by atoms with Crippen molar-refractivity contribution in [2.24, 2.45) is 5.10 Å². The van der Waals surface area contributed by atoms with Gasteiger partial charge in [-0.25, -0.2) is 15.0 Å². The van der Waals surface area contributed by atoms with E-state index in [1.54, 1.807) is 28.8 Å². The van der Waals surface area contributed by atoms with Gasteiger partial charge in [0.15, 0.2) is 17.3 Å². The summed E-state index contributed by atoms with van der Waals surface area (Å²) in [5.74, 6) is 0.522.